The number of benzene rings is 3. The molecule has 3 rings (SSSR count). The van der Waals surface area contributed by atoms with Gasteiger partial charge in [0.1, 0.15) is 6.07 Å². The number of nitrogens with zero attached hydrogens (tertiary/aromatic N) is 1. The van der Waals surface area contributed by atoms with E-state index in [2.05, 4.69) is 10.0 Å². The molecule has 3 aromatic rings. The lowest BCUT2D eigenvalue weighted by Gasteiger charge is -2.10. The van der Waals surface area contributed by atoms with Crippen molar-refractivity contribution >= 4 is 21.6 Å². The molecule has 0 radical (unpaired) electrons. The Hall–Kier alpha value is -3.47. The zero-order chi connectivity index (χ0) is 20.0. The van der Waals surface area contributed by atoms with E-state index in [4.69, 9.17) is 5.26 Å². The van der Waals surface area contributed by atoms with Gasteiger partial charge in [-0.3, -0.25) is 4.79 Å². The topological polar surface area (TPSA) is 99.1 Å². The number of rotatable bonds is 6. The highest BCUT2D eigenvalue weighted by Crippen LogP contribution is 2.17. The minimum Gasteiger partial charge on any atom is -0.321 e. The lowest BCUT2D eigenvalue weighted by atomic mass is 10.1. The van der Waals surface area contributed by atoms with Gasteiger partial charge in [-0.05, 0) is 35.9 Å². The van der Waals surface area contributed by atoms with Gasteiger partial charge in [0.2, 0.25) is 10.0 Å². The number of hydrogen-bond acceptors (Lipinski definition) is 4. The summed E-state index contributed by atoms with van der Waals surface area (Å²) >= 11 is 0. The van der Waals surface area contributed by atoms with Gasteiger partial charge in [0, 0.05) is 12.1 Å². The molecule has 0 saturated carbocycles. The molecule has 7 heteroatoms. The molecule has 0 aliphatic rings. The van der Waals surface area contributed by atoms with Gasteiger partial charge < -0.3 is 5.32 Å². The second-order valence-electron chi connectivity index (χ2n) is 5.95. The van der Waals surface area contributed by atoms with Crippen molar-refractivity contribution in [2.45, 2.75) is 11.4 Å². The van der Waals surface area contributed by atoms with Crippen LogP contribution in [0.15, 0.2) is 83.8 Å². The summed E-state index contributed by atoms with van der Waals surface area (Å²) in [5.41, 5.74) is 1.69. The fraction of sp³-hybridized carbons (Fsp3) is 0.0476. The zero-order valence-electron chi connectivity index (χ0n) is 14.8. The molecule has 0 aliphatic heterocycles. The Morgan fingerprint density at radius 2 is 1.64 bits per heavy atom. The maximum Gasteiger partial charge on any atom is 0.255 e. The molecule has 0 fully saturated rings. The summed E-state index contributed by atoms with van der Waals surface area (Å²) < 4.78 is 27.6. The third-order valence-electron chi connectivity index (χ3n) is 4.01. The summed E-state index contributed by atoms with van der Waals surface area (Å²) in [6.45, 7) is 0.148. The predicted octanol–water partition coefficient (Wildman–Crippen LogP) is 3.29. The maximum atomic E-state index is 12.6. The number of amides is 1. The van der Waals surface area contributed by atoms with Crippen LogP contribution in [0.25, 0.3) is 0 Å². The van der Waals surface area contributed by atoms with E-state index >= 15 is 0 Å². The van der Waals surface area contributed by atoms with Crippen LogP contribution in [0.4, 0.5) is 5.69 Å². The van der Waals surface area contributed by atoms with E-state index in [9.17, 15) is 13.2 Å². The smallest absolute Gasteiger partial charge is 0.255 e. The van der Waals surface area contributed by atoms with Crippen LogP contribution < -0.4 is 10.0 Å². The number of anilines is 1. The molecule has 0 aromatic heterocycles. The molecule has 28 heavy (non-hydrogen) atoms. The molecular weight excluding hydrogens is 374 g/mol. The molecule has 0 bridgehead atoms. The van der Waals surface area contributed by atoms with Crippen molar-refractivity contribution in [1.82, 2.24) is 4.72 Å². The van der Waals surface area contributed by atoms with Crippen LogP contribution in [0.2, 0.25) is 0 Å². The number of nitriles is 1. The van der Waals surface area contributed by atoms with Gasteiger partial charge in [-0.25, -0.2) is 13.1 Å². The Morgan fingerprint density at radius 3 is 2.39 bits per heavy atom. The summed E-state index contributed by atoms with van der Waals surface area (Å²) in [7, 11) is -3.78. The Bertz CT molecular complexity index is 1140. The molecular formula is C21H17N3O3S. The summed E-state index contributed by atoms with van der Waals surface area (Å²) in [5.74, 6) is -0.497. The number of carbonyl (C=O) groups excluding carboxylic acids is 1. The second-order valence-corrected chi connectivity index (χ2v) is 7.72. The van der Waals surface area contributed by atoms with E-state index < -0.39 is 15.9 Å². The average Bonchev–Trinajstić information content (AvgIpc) is 2.73. The molecule has 1 amide bonds. The normalized spacial score (nSPS) is 10.8. The third kappa shape index (κ3) is 4.62. The van der Waals surface area contributed by atoms with E-state index in [0.717, 1.165) is 5.56 Å². The number of carbonyl (C=O) groups is 1. The minimum absolute atomic E-state index is 0.00958. The van der Waals surface area contributed by atoms with Gasteiger partial charge in [-0.1, -0.05) is 48.5 Å². The van der Waals surface area contributed by atoms with Gasteiger partial charge in [-0.2, -0.15) is 5.26 Å². The highest BCUT2D eigenvalue weighted by Gasteiger charge is 2.16. The first-order valence-corrected chi connectivity index (χ1v) is 9.92. The fourth-order valence-electron chi connectivity index (χ4n) is 2.55. The van der Waals surface area contributed by atoms with Crippen molar-refractivity contribution in [2.24, 2.45) is 0 Å². The van der Waals surface area contributed by atoms with Crippen molar-refractivity contribution in [1.29, 1.82) is 5.26 Å². The van der Waals surface area contributed by atoms with Crippen LogP contribution in [0, 0.1) is 11.3 Å². The summed E-state index contributed by atoms with van der Waals surface area (Å²) in [5, 5.41) is 11.8. The fourth-order valence-corrected chi connectivity index (χ4v) is 3.61. The number of nitrogens with one attached hydrogen (secondary N) is 2. The Morgan fingerprint density at radius 1 is 0.929 bits per heavy atom. The molecule has 6 nitrogen and oxygen atoms in total. The summed E-state index contributed by atoms with van der Waals surface area (Å²) in [4.78, 5) is 12.5. The predicted molar refractivity (Wildman–Crippen MR) is 106 cm³/mol. The van der Waals surface area contributed by atoms with E-state index in [1.165, 1.54) is 24.3 Å². The maximum absolute atomic E-state index is 12.6. The van der Waals surface area contributed by atoms with Crippen LogP contribution >= 0.6 is 0 Å². The van der Waals surface area contributed by atoms with Gasteiger partial charge >= 0.3 is 0 Å². The molecule has 0 unspecified atom stereocenters. The van der Waals surface area contributed by atoms with Crippen molar-refractivity contribution in [3.63, 3.8) is 0 Å². The lowest BCUT2D eigenvalue weighted by Crippen LogP contribution is -2.23. The quantitative estimate of drug-likeness (QED) is 0.673. The Labute approximate surface area is 163 Å². The SMILES string of the molecule is N#Cc1ccccc1NC(=O)c1cccc(S(=O)(=O)NCc2ccccc2)c1. The Balaban J connectivity index is 1.77. The molecule has 2 N–H and O–H groups in total. The van der Waals surface area contributed by atoms with Crippen molar-refractivity contribution < 1.29 is 13.2 Å². The van der Waals surface area contributed by atoms with Crippen LogP contribution in [0.3, 0.4) is 0 Å². The molecule has 3 aromatic carbocycles. The highest BCUT2D eigenvalue weighted by molar-refractivity contribution is 7.89. The molecule has 0 atom stereocenters. The van der Waals surface area contributed by atoms with Gasteiger partial charge in [-0.15, -0.1) is 0 Å². The minimum atomic E-state index is -3.78. The van der Waals surface area contributed by atoms with Crippen LogP contribution in [0.1, 0.15) is 21.5 Å². The molecule has 0 saturated heterocycles. The van der Waals surface area contributed by atoms with E-state index in [-0.39, 0.29) is 17.0 Å². The standard InChI is InChI=1S/C21H17N3O3S/c22-14-18-9-4-5-12-20(18)24-21(25)17-10-6-11-19(13-17)28(26,27)23-15-16-7-2-1-3-8-16/h1-13,23H,15H2,(H,24,25). The first-order valence-electron chi connectivity index (χ1n) is 8.44. The van der Waals surface area contributed by atoms with Gasteiger partial charge in [0.25, 0.3) is 5.91 Å². The first-order chi connectivity index (χ1) is 13.5. The lowest BCUT2D eigenvalue weighted by molar-refractivity contribution is 0.102. The van der Waals surface area contributed by atoms with Gasteiger partial charge in [0.15, 0.2) is 0 Å². The first kappa shape index (κ1) is 19.3. The van der Waals surface area contributed by atoms with E-state index in [0.29, 0.717) is 11.3 Å². The monoisotopic (exact) mass is 391 g/mol. The molecule has 0 aliphatic carbocycles. The van der Waals surface area contributed by atoms with Crippen molar-refractivity contribution in [2.75, 3.05) is 5.32 Å². The summed E-state index contributed by atoms with van der Waals surface area (Å²) in [6, 6.07) is 23.5. The number of sulfonamides is 1. The number of hydrogen-bond donors (Lipinski definition) is 2. The molecule has 0 spiro atoms. The zero-order valence-corrected chi connectivity index (χ0v) is 15.6. The van der Waals surface area contributed by atoms with Crippen LogP contribution in [0.5, 0.6) is 0 Å². The van der Waals surface area contributed by atoms with Crippen molar-refractivity contribution in [3.8, 4) is 6.07 Å². The number of para-hydroxylation sites is 1. The van der Waals surface area contributed by atoms with Crippen LogP contribution in [-0.4, -0.2) is 14.3 Å². The highest BCUT2D eigenvalue weighted by atomic mass is 32.2. The van der Waals surface area contributed by atoms with E-state index in [1.807, 2.05) is 36.4 Å². The largest absolute Gasteiger partial charge is 0.321 e. The van der Waals surface area contributed by atoms with Gasteiger partial charge in [0.05, 0.1) is 16.1 Å². The molecule has 140 valence electrons. The van der Waals surface area contributed by atoms with E-state index in [1.54, 1.807) is 24.3 Å². The molecule has 0 heterocycles. The van der Waals surface area contributed by atoms with Crippen molar-refractivity contribution in [3.05, 3.63) is 95.6 Å². The van der Waals surface area contributed by atoms with Crippen LogP contribution in [-0.2, 0) is 16.6 Å². The Kier molecular flexibility index (Phi) is 5.84. The second kappa shape index (κ2) is 8.48. The summed E-state index contributed by atoms with van der Waals surface area (Å²) in [6.07, 6.45) is 0. The third-order valence-corrected chi connectivity index (χ3v) is 5.41. The average molecular weight is 391 g/mol.